The van der Waals surface area contributed by atoms with Gasteiger partial charge in [-0.15, -0.1) is 6.07 Å². The molecule has 1 aromatic carbocycles. The molecule has 0 aliphatic rings. The van der Waals surface area contributed by atoms with Crippen molar-refractivity contribution in [2.24, 2.45) is 0 Å². The van der Waals surface area contributed by atoms with Crippen LogP contribution in [0.15, 0.2) is 34.9 Å². The van der Waals surface area contributed by atoms with Crippen molar-refractivity contribution in [3.8, 4) is 0 Å². The van der Waals surface area contributed by atoms with E-state index in [0.29, 0.717) is 0 Å². The summed E-state index contributed by atoms with van der Waals surface area (Å²) in [6.45, 7) is 0. The van der Waals surface area contributed by atoms with Gasteiger partial charge in [-0.05, 0) is 0 Å². The van der Waals surface area contributed by atoms with E-state index < -0.39 is 0 Å². The molecule has 44 valence electrons. The predicted molar refractivity (Wildman–Crippen MR) is 35.1 cm³/mol. The zero-order valence-electron chi connectivity index (χ0n) is 5.79. The molecule has 10 heavy (non-hydrogen) atoms. The second kappa shape index (κ2) is 2.96. The van der Waals surface area contributed by atoms with Crippen LogP contribution in [0.2, 0.25) is 0 Å². The maximum atomic E-state index is 5.10. The Morgan fingerprint density at radius 3 is 3.00 bits per heavy atom. The number of benzene rings is 1. The van der Waals surface area contributed by atoms with Crippen molar-refractivity contribution < 1.29 is 23.3 Å². The van der Waals surface area contributed by atoms with Crippen molar-refractivity contribution in [2.75, 3.05) is 0 Å². The van der Waals surface area contributed by atoms with Crippen LogP contribution in [-0.2, 0) is 0 Å². The number of hydrogen-bond acceptors (Lipinski definition) is 1. The fourth-order valence-electron chi connectivity index (χ4n) is 0.847. The second-order valence-electron chi connectivity index (χ2n) is 1.88. The normalized spacial score (nSPS) is 9.20. The number of furan rings is 1. The van der Waals surface area contributed by atoms with Crippen LogP contribution in [-0.4, -0.2) is 0 Å². The number of fused-ring (bicyclic) bond motifs is 1. The fraction of sp³-hybridized carbons (Fsp3) is 0. The van der Waals surface area contributed by atoms with Crippen molar-refractivity contribution in [3.63, 3.8) is 0 Å². The van der Waals surface area contributed by atoms with E-state index >= 15 is 0 Å². The SMILES string of the molecule is [Li+].[c-]1ccc2occc2c1. The molecule has 0 N–H and O–H groups in total. The number of rotatable bonds is 0. The molecule has 0 amide bonds. The fourth-order valence-corrected chi connectivity index (χ4v) is 0.847. The van der Waals surface area contributed by atoms with Crippen molar-refractivity contribution in [2.45, 2.75) is 0 Å². The van der Waals surface area contributed by atoms with Gasteiger partial charge < -0.3 is 4.42 Å². The molecule has 1 aromatic heterocycles. The second-order valence-corrected chi connectivity index (χ2v) is 1.88. The van der Waals surface area contributed by atoms with Crippen molar-refractivity contribution >= 4 is 11.0 Å². The Hall–Kier alpha value is -0.643. The first-order valence-electron chi connectivity index (χ1n) is 2.80. The molecule has 0 aliphatic heterocycles. The summed E-state index contributed by atoms with van der Waals surface area (Å²) in [6.07, 6.45) is 1.68. The van der Waals surface area contributed by atoms with E-state index in [1.165, 1.54) is 0 Å². The molecular formula is C8H5LiO. The van der Waals surface area contributed by atoms with Gasteiger partial charge in [0.05, 0.1) is 6.26 Å². The summed E-state index contributed by atoms with van der Waals surface area (Å²) in [5, 5.41) is 1.11. The van der Waals surface area contributed by atoms with Gasteiger partial charge in [-0.1, -0.05) is 11.5 Å². The Bertz CT molecular complexity index is 283. The summed E-state index contributed by atoms with van der Waals surface area (Å²) in [5.74, 6) is 0. The van der Waals surface area contributed by atoms with E-state index in [2.05, 4.69) is 6.07 Å². The van der Waals surface area contributed by atoms with Crippen LogP contribution in [0.4, 0.5) is 0 Å². The summed E-state index contributed by atoms with van der Waals surface area (Å²) >= 11 is 0. The average Bonchev–Trinajstić information content (AvgIpc) is 2.33. The van der Waals surface area contributed by atoms with Crippen molar-refractivity contribution in [1.29, 1.82) is 0 Å². The van der Waals surface area contributed by atoms with Crippen LogP contribution >= 0.6 is 0 Å². The third-order valence-corrected chi connectivity index (χ3v) is 1.30. The number of hydrogen-bond donors (Lipinski definition) is 0. The van der Waals surface area contributed by atoms with Gasteiger partial charge in [0.25, 0.3) is 0 Å². The van der Waals surface area contributed by atoms with E-state index in [9.17, 15) is 0 Å². The molecule has 2 aromatic rings. The molecule has 0 radical (unpaired) electrons. The van der Waals surface area contributed by atoms with E-state index in [0.717, 1.165) is 11.0 Å². The molecule has 1 heterocycles. The molecule has 0 saturated carbocycles. The first kappa shape index (κ1) is 7.46. The summed E-state index contributed by atoms with van der Waals surface area (Å²) in [6, 6.07) is 10.5. The van der Waals surface area contributed by atoms with Gasteiger partial charge in [-0.2, -0.15) is 18.2 Å². The molecule has 0 fully saturated rings. The summed E-state index contributed by atoms with van der Waals surface area (Å²) in [7, 11) is 0. The van der Waals surface area contributed by atoms with Crippen molar-refractivity contribution in [1.82, 2.24) is 0 Å². The van der Waals surface area contributed by atoms with E-state index in [1.54, 1.807) is 6.26 Å². The summed E-state index contributed by atoms with van der Waals surface area (Å²) in [4.78, 5) is 0. The van der Waals surface area contributed by atoms with E-state index in [-0.39, 0.29) is 18.9 Å². The average molecular weight is 124 g/mol. The Morgan fingerprint density at radius 1 is 1.30 bits per heavy atom. The first-order chi connectivity index (χ1) is 4.47. The zero-order chi connectivity index (χ0) is 6.10. The van der Waals surface area contributed by atoms with Gasteiger partial charge >= 0.3 is 18.9 Å². The molecule has 0 atom stereocenters. The molecule has 2 heteroatoms. The maximum absolute atomic E-state index is 5.10. The smallest absolute Gasteiger partial charge is 0.491 e. The minimum atomic E-state index is 0. The van der Waals surface area contributed by atoms with Gasteiger partial charge in [-0.25, -0.2) is 0 Å². The van der Waals surface area contributed by atoms with Crippen LogP contribution < -0.4 is 18.9 Å². The van der Waals surface area contributed by atoms with Gasteiger partial charge in [0.2, 0.25) is 0 Å². The third kappa shape index (κ3) is 1.11. The molecule has 0 saturated heterocycles. The minimum Gasteiger partial charge on any atom is -0.491 e. The van der Waals surface area contributed by atoms with Gasteiger partial charge in [0.15, 0.2) is 0 Å². The third-order valence-electron chi connectivity index (χ3n) is 1.30. The molecule has 0 bridgehead atoms. The first-order valence-corrected chi connectivity index (χ1v) is 2.80. The molecular weight excluding hydrogens is 119 g/mol. The standard InChI is InChI=1S/C8H5O.Li/c1-2-4-8-7(3-1)5-6-9-8;/h2-6H;/q-1;+1. The maximum Gasteiger partial charge on any atom is 1.00 e. The topological polar surface area (TPSA) is 13.1 Å². The van der Waals surface area contributed by atoms with Crippen LogP contribution in [0.1, 0.15) is 0 Å². The van der Waals surface area contributed by atoms with Crippen molar-refractivity contribution in [3.05, 3.63) is 36.6 Å². The quantitative estimate of drug-likeness (QED) is 0.332. The monoisotopic (exact) mass is 124 g/mol. The van der Waals surface area contributed by atoms with E-state index in [1.807, 2.05) is 24.3 Å². The van der Waals surface area contributed by atoms with Gasteiger partial charge in [0, 0.05) is 5.58 Å². The Labute approximate surface area is 71.2 Å². The minimum absolute atomic E-state index is 0. The van der Waals surface area contributed by atoms with Crippen LogP contribution in [0.3, 0.4) is 0 Å². The van der Waals surface area contributed by atoms with Gasteiger partial charge in [0.1, 0.15) is 0 Å². The van der Waals surface area contributed by atoms with Crippen LogP contribution in [0.5, 0.6) is 0 Å². The Balaban J connectivity index is 0.000000500. The molecule has 0 spiro atoms. The van der Waals surface area contributed by atoms with Gasteiger partial charge in [-0.3, -0.25) is 0 Å². The van der Waals surface area contributed by atoms with Crippen LogP contribution in [0.25, 0.3) is 11.0 Å². The predicted octanol–water partition coefficient (Wildman–Crippen LogP) is -0.763. The summed E-state index contributed by atoms with van der Waals surface area (Å²) < 4.78 is 5.10. The van der Waals surface area contributed by atoms with E-state index in [4.69, 9.17) is 4.42 Å². The summed E-state index contributed by atoms with van der Waals surface area (Å²) in [5.41, 5.74) is 0.925. The Morgan fingerprint density at radius 2 is 2.20 bits per heavy atom. The Kier molecular flexibility index (Phi) is 2.21. The molecule has 0 aliphatic carbocycles. The molecule has 0 unspecified atom stereocenters. The molecule has 1 nitrogen and oxygen atoms in total. The zero-order valence-corrected chi connectivity index (χ0v) is 5.79. The molecule has 2 rings (SSSR count). The largest absolute Gasteiger partial charge is 1.00 e. The van der Waals surface area contributed by atoms with Crippen LogP contribution in [0, 0.1) is 6.07 Å².